The molecule has 2 aromatic carbocycles. The largest absolute Gasteiger partial charge is 0.481 e. The van der Waals surface area contributed by atoms with E-state index in [1.54, 1.807) is 38.3 Å². The van der Waals surface area contributed by atoms with Gasteiger partial charge in [-0.25, -0.2) is 0 Å². The molecule has 138 valence electrons. The third kappa shape index (κ3) is 5.89. The molecule has 0 aromatic heterocycles. The van der Waals surface area contributed by atoms with Crippen LogP contribution in [0.4, 0.5) is 5.69 Å². The van der Waals surface area contributed by atoms with Crippen LogP contribution in [0.25, 0.3) is 0 Å². The number of amides is 2. The van der Waals surface area contributed by atoms with E-state index in [-0.39, 0.29) is 11.8 Å². The van der Waals surface area contributed by atoms with E-state index in [0.29, 0.717) is 30.2 Å². The van der Waals surface area contributed by atoms with Crippen LogP contribution < -0.4 is 15.4 Å². The van der Waals surface area contributed by atoms with Gasteiger partial charge in [0.25, 0.3) is 11.8 Å². The average Bonchev–Trinajstić information content (AvgIpc) is 2.64. The summed E-state index contributed by atoms with van der Waals surface area (Å²) in [6, 6.07) is 14.2. The first-order chi connectivity index (χ1) is 12.5. The van der Waals surface area contributed by atoms with Gasteiger partial charge in [-0.2, -0.15) is 0 Å². The van der Waals surface area contributed by atoms with E-state index in [2.05, 4.69) is 10.6 Å². The molecule has 0 radical (unpaired) electrons. The minimum Gasteiger partial charge on any atom is -0.481 e. The molecule has 6 heteroatoms. The zero-order valence-corrected chi connectivity index (χ0v) is 15.2. The fourth-order valence-corrected chi connectivity index (χ4v) is 2.19. The minimum atomic E-state index is -0.644. The molecule has 0 unspecified atom stereocenters. The third-order valence-electron chi connectivity index (χ3n) is 3.71. The van der Waals surface area contributed by atoms with Crippen molar-refractivity contribution in [3.63, 3.8) is 0 Å². The van der Waals surface area contributed by atoms with Crippen molar-refractivity contribution < 1.29 is 19.1 Å². The second kappa shape index (κ2) is 9.58. The molecular formula is C20H24N2O4. The lowest BCUT2D eigenvalue weighted by Gasteiger charge is -2.15. The van der Waals surface area contributed by atoms with E-state index < -0.39 is 6.10 Å². The van der Waals surface area contributed by atoms with Crippen molar-refractivity contribution in [3.05, 3.63) is 59.7 Å². The standard InChI is InChI=1S/C20H24N2O4/c1-14-4-10-18(11-5-14)26-15(2)19(23)22-17-8-6-16(7-9-17)20(24)21-12-13-25-3/h4-11,15H,12-13H2,1-3H3,(H,21,24)(H,22,23)/t15-/m0/s1. The summed E-state index contributed by atoms with van der Waals surface area (Å²) in [5, 5.41) is 5.51. The van der Waals surface area contributed by atoms with Gasteiger partial charge < -0.3 is 20.1 Å². The molecule has 0 bridgehead atoms. The topological polar surface area (TPSA) is 76.7 Å². The average molecular weight is 356 g/mol. The Hall–Kier alpha value is -2.86. The Bertz CT molecular complexity index is 726. The fraction of sp³-hybridized carbons (Fsp3) is 0.300. The highest BCUT2D eigenvalue weighted by Crippen LogP contribution is 2.15. The number of carbonyl (C=O) groups excluding carboxylic acids is 2. The number of hydrogen-bond donors (Lipinski definition) is 2. The maximum atomic E-state index is 12.2. The Morgan fingerprint density at radius 1 is 1.04 bits per heavy atom. The molecule has 0 aliphatic rings. The quantitative estimate of drug-likeness (QED) is 0.713. The highest BCUT2D eigenvalue weighted by atomic mass is 16.5. The van der Waals surface area contributed by atoms with Crippen LogP contribution >= 0.6 is 0 Å². The third-order valence-corrected chi connectivity index (χ3v) is 3.71. The summed E-state index contributed by atoms with van der Waals surface area (Å²) in [6.07, 6.45) is -0.644. The van der Waals surface area contributed by atoms with E-state index in [4.69, 9.17) is 9.47 Å². The van der Waals surface area contributed by atoms with Gasteiger partial charge >= 0.3 is 0 Å². The Kier molecular flexibility index (Phi) is 7.17. The minimum absolute atomic E-state index is 0.184. The summed E-state index contributed by atoms with van der Waals surface area (Å²) >= 11 is 0. The van der Waals surface area contributed by atoms with Gasteiger partial charge in [-0.15, -0.1) is 0 Å². The molecule has 0 aliphatic carbocycles. The van der Waals surface area contributed by atoms with Crippen LogP contribution in [0.15, 0.2) is 48.5 Å². The number of ether oxygens (including phenoxy) is 2. The predicted molar refractivity (Wildman–Crippen MR) is 101 cm³/mol. The van der Waals surface area contributed by atoms with E-state index in [1.807, 2.05) is 31.2 Å². The second-order valence-corrected chi connectivity index (χ2v) is 5.89. The monoisotopic (exact) mass is 356 g/mol. The summed E-state index contributed by atoms with van der Waals surface area (Å²) in [6.45, 7) is 4.58. The van der Waals surface area contributed by atoms with Crippen molar-refractivity contribution in [1.82, 2.24) is 5.32 Å². The van der Waals surface area contributed by atoms with Crippen molar-refractivity contribution in [1.29, 1.82) is 0 Å². The van der Waals surface area contributed by atoms with Crippen molar-refractivity contribution in [2.45, 2.75) is 20.0 Å². The lowest BCUT2D eigenvalue weighted by Crippen LogP contribution is -2.30. The number of aryl methyl sites for hydroxylation is 1. The molecule has 0 aliphatic heterocycles. The summed E-state index contributed by atoms with van der Waals surface area (Å²) in [7, 11) is 1.58. The van der Waals surface area contributed by atoms with E-state index in [1.165, 1.54) is 0 Å². The SMILES string of the molecule is COCCNC(=O)c1ccc(NC(=O)[C@H](C)Oc2ccc(C)cc2)cc1. The van der Waals surface area contributed by atoms with Crippen LogP contribution in [0.2, 0.25) is 0 Å². The van der Waals surface area contributed by atoms with Crippen LogP contribution in [0.3, 0.4) is 0 Å². The van der Waals surface area contributed by atoms with Crippen molar-refractivity contribution in [2.75, 3.05) is 25.6 Å². The number of nitrogens with one attached hydrogen (secondary N) is 2. The lowest BCUT2D eigenvalue weighted by molar-refractivity contribution is -0.122. The summed E-state index contributed by atoms with van der Waals surface area (Å²) < 4.78 is 10.5. The number of hydrogen-bond acceptors (Lipinski definition) is 4. The summed E-state index contributed by atoms with van der Waals surface area (Å²) in [5.41, 5.74) is 2.24. The van der Waals surface area contributed by atoms with Gasteiger partial charge in [0.1, 0.15) is 5.75 Å². The van der Waals surface area contributed by atoms with Crippen LogP contribution in [0, 0.1) is 6.92 Å². The molecule has 6 nitrogen and oxygen atoms in total. The van der Waals surface area contributed by atoms with E-state index in [9.17, 15) is 9.59 Å². The molecule has 0 fully saturated rings. The highest BCUT2D eigenvalue weighted by Gasteiger charge is 2.15. The Balaban J connectivity index is 1.88. The van der Waals surface area contributed by atoms with Gasteiger partial charge in [-0.1, -0.05) is 17.7 Å². The van der Waals surface area contributed by atoms with Crippen LogP contribution in [-0.4, -0.2) is 38.2 Å². The molecule has 2 rings (SSSR count). The van der Waals surface area contributed by atoms with Gasteiger partial charge in [-0.3, -0.25) is 9.59 Å². The molecule has 2 N–H and O–H groups in total. The molecule has 2 aromatic rings. The lowest BCUT2D eigenvalue weighted by atomic mass is 10.2. The Morgan fingerprint density at radius 2 is 1.69 bits per heavy atom. The molecule has 1 atom stereocenters. The number of anilines is 1. The molecule has 26 heavy (non-hydrogen) atoms. The Morgan fingerprint density at radius 3 is 2.31 bits per heavy atom. The van der Waals surface area contributed by atoms with Gasteiger partial charge in [0.05, 0.1) is 6.61 Å². The number of rotatable bonds is 8. The molecule has 0 saturated carbocycles. The van der Waals surface area contributed by atoms with Crippen molar-refractivity contribution in [2.24, 2.45) is 0 Å². The maximum absolute atomic E-state index is 12.2. The van der Waals surface area contributed by atoms with Gasteiger partial charge in [0.2, 0.25) is 0 Å². The Labute approximate surface area is 153 Å². The molecule has 0 spiro atoms. The normalized spacial score (nSPS) is 11.5. The molecule has 0 saturated heterocycles. The number of carbonyl (C=O) groups is 2. The molecular weight excluding hydrogens is 332 g/mol. The zero-order chi connectivity index (χ0) is 18.9. The summed E-state index contributed by atoms with van der Waals surface area (Å²) in [5.74, 6) is 0.195. The second-order valence-electron chi connectivity index (χ2n) is 5.89. The zero-order valence-electron chi connectivity index (χ0n) is 15.2. The van der Waals surface area contributed by atoms with Crippen molar-refractivity contribution in [3.8, 4) is 5.75 Å². The van der Waals surface area contributed by atoms with Crippen LogP contribution in [0.1, 0.15) is 22.8 Å². The first-order valence-corrected chi connectivity index (χ1v) is 8.41. The number of methoxy groups -OCH3 is 1. The summed E-state index contributed by atoms with van der Waals surface area (Å²) in [4.78, 5) is 24.2. The highest BCUT2D eigenvalue weighted by molar-refractivity contribution is 5.96. The van der Waals surface area contributed by atoms with Crippen LogP contribution in [0.5, 0.6) is 5.75 Å². The first kappa shape index (κ1) is 19.5. The smallest absolute Gasteiger partial charge is 0.265 e. The van der Waals surface area contributed by atoms with E-state index in [0.717, 1.165) is 5.56 Å². The van der Waals surface area contributed by atoms with E-state index >= 15 is 0 Å². The van der Waals surface area contributed by atoms with Crippen LogP contribution in [-0.2, 0) is 9.53 Å². The first-order valence-electron chi connectivity index (χ1n) is 8.41. The number of benzene rings is 2. The van der Waals surface area contributed by atoms with Crippen molar-refractivity contribution >= 4 is 17.5 Å². The van der Waals surface area contributed by atoms with Gasteiger partial charge in [0.15, 0.2) is 6.10 Å². The maximum Gasteiger partial charge on any atom is 0.265 e. The molecule has 0 heterocycles. The predicted octanol–water partition coefficient (Wildman–Crippen LogP) is 2.78. The van der Waals surface area contributed by atoms with Gasteiger partial charge in [0, 0.05) is 24.9 Å². The molecule has 2 amide bonds. The van der Waals surface area contributed by atoms with Gasteiger partial charge in [-0.05, 0) is 50.2 Å². The fourth-order valence-electron chi connectivity index (χ4n) is 2.19.